The van der Waals surface area contributed by atoms with Crippen LogP contribution in [0.15, 0.2) is 47.6 Å². The van der Waals surface area contributed by atoms with Crippen molar-refractivity contribution in [3.05, 3.63) is 58.3 Å². The van der Waals surface area contributed by atoms with Gasteiger partial charge in [-0.3, -0.25) is 0 Å². The molecule has 0 bridgehead atoms. The Hall–Kier alpha value is -1.60. The van der Waals surface area contributed by atoms with E-state index in [9.17, 15) is 8.42 Å². The summed E-state index contributed by atoms with van der Waals surface area (Å²) in [5.74, 6) is 0. The summed E-state index contributed by atoms with van der Waals surface area (Å²) in [5.41, 5.74) is 6.78. The summed E-state index contributed by atoms with van der Waals surface area (Å²) in [6, 6.07) is 7.85. The highest BCUT2D eigenvalue weighted by atomic mass is 35.5. The van der Waals surface area contributed by atoms with Gasteiger partial charge in [0.25, 0.3) is 10.0 Å². The normalized spacial score (nSPS) is 12.0. The zero-order valence-corrected chi connectivity index (χ0v) is 14.2. The first kappa shape index (κ1) is 16.3. The first-order chi connectivity index (χ1) is 10.9. The molecule has 2 aromatic heterocycles. The van der Waals surface area contributed by atoms with E-state index in [0.29, 0.717) is 23.6 Å². The molecule has 0 aliphatic rings. The van der Waals surface area contributed by atoms with Crippen LogP contribution < -0.4 is 5.73 Å². The molecule has 2 N–H and O–H groups in total. The Morgan fingerprint density at radius 2 is 2.00 bits per heavy atom. The first-order valence-corrected chi connectivity index (χ1v) is 9.00. The molecule has 0 unspecified atom stereocenters. The van der Waals surface area contributed by atoms with E-state index in [4.69, 9.17) is 28.9 Å². The van der Waals surface area contributed by atoms with Gasteiger partial charge in [-0.25, -0.2) is 17.4 Å². The quantitative estimate of drug-likeness (QED) is 0.766. The Morgan fingerprint density at radius 1 is 1.22 bits per heavy atom. The average molecular weight is 370 g/mol. The van der Waals surface area contributed by atoms with Gasteiger partial charge in [-0.1, -0.05) is 23.2 Å². The molecule has 0 amide bonds. The lowest BCUT2D eigenvalue weighted by Crippen LogP contribution is -2.13. The van der Waals surface area contributed by atoms with E-state index in [0.717, 1.165) is 14.9 Å². The molecule has 8 heteroatoms. The summed E-state index contributed by atoms with van der Waals surface area (Å²) in [6.07, 6.45) is 3.65. The van der Waals surface area contributed by atoms with Crippen molar-refractivity contribution in [2.75, 3.05) is 6.54 Å². The topological polar surface area (TPSA) is 78.0 Å². The minimum absolute atomic E-state index is 0.0228. The lowest BCUT2D eigenvalue weighted by Gasteiger charge is -2.08. The predicted molar refractivity (Wildman–Crippen MR) is 91.5 cm³/mol. The molecule has 0 saturated carbocycles. The molecule has 3 aromatic rings. The minimum atomic E-state index is -3.89. The Labute approximate surface area is 143 Å². The molecule has 0 aliphatic heterocycles. The number of hydrogen-bond donors (Lipinski definition) is 1. The summed E-state index contributed by atoms with van der Waals surface area (Å²) < 4.78 is 27.1. The molecule has 0 fully saturated rings. The molecule has 0 saturated heterocycles. The second-order valence-corrected chi connectivity index (χ2v) is 7.57. The van der Waals surface area contributed by atoms with Gasteiger partial charge in [-0.15, -0.1) is 0 Å². The zero-order valence-electron chi connectivity index (χ0n) is 11.9. The Kier molecular flexibility index (Phi) is 4.33. The average Bonchev–Trinajstić information content (AvgIpc) is 2.87. The molecule has 23 heavy (non-hydrogen) atoms. The van der Waals surface area contributed by atoms with Crippen LogP contribution in [0, 0.1) is 0 Å². The van der Waals surface area contributed by atoms with Crippen molar-refractivity contribution in [2.24, 2.45) is 5.73 Å². The maximum Gasteiger partial charge on any atom is 0.270 e. The van der Waals surface area contributed by atoms with E-state index < -0.39 is 10.0 Å². The monoisotopic (exact) mass is 369 g/mol. The molecule has 0 aliphatic carbocycles. The number of halogens is 2. The number of nitrogens with two attached hydrogens (primary N) is 1. The number of hydrogen-bond acceptors (Lipinski definition) is 4. The molecular weight excluding hydrogens is 357 g/mol. The van der Waals surface area contributed by atoms with Gasteiger partial charge in [-0.2, -0.15) is 0 Å². The summed E-state index contributed by atoms with van der Waals surface area (Å²) in [5, 5.41) is 1.19. The Bertz CT molecular complexity index is 984. The third-order valence-corrected chi connectivity index (χ3v) is 5.83. The van der Waals surface area contributed by atoms with Gasteiger partial charge < -0.3 is 5.73 Å². The van der Waals surface area contributed by atoms with Crippen LogP contribution in [-0.4, -0.2) is 23.9 Å². The molecule has 0 spiro atoms. The summed E-state index contributed by atoms with van der Waals surface area (Å²) in [7, 11) is -3.89. The van der Waals surface area contributed by atoms with Gasteiger partial charge in [0.2, 0.25) is 0 Å². The standard InChI is InChI=1S/C15H13Cl2N3O2S/c16-11-3-4-14(13(17)8-11)23(21,22)20-9-10(5-6-18)12-2-1-7-19-15(12)20/h1-4,7-9H,5-6,18H2. The van der Waals surface area contributed by atoms with Crippen LogP contribution in [0.25, 0.3) is 11.0 Å². The molecule has 120 valence electrons. The van der Waals surface area contributed by atoms with Crippen molar-refractivity contribution in [3.63, 3.8) is 0 Å². The van der Waals surface area contributed by atoms with Crippen LogP contribution in [0.1, 0.15) is 5.56 Å². The van der Waals surface area contributed by atoms with E-state index in [-0.39, 0.29) is 9.92 Å². The molecule has 2 heterocycles. The number of nitrogens with zero attached hydrogens (tertiary/aromatic N) is 2. The first-order valence-electron chi connectivity index (χ1n) is 6.81. The molecule has 5 nitrogen and oxygen atoms in total. The molecule has 3 rings (SSSR count). The largest absolute Gasteiger partial charge is 0.330 e. The highest BCUT2D eigenvalue weighted by Gasteiger charge is 2.24. The molecule has 1 aromatic carbocycles. The smallest absolute Gasteiger partial charge is 0.270 e. The van der Waals surface area contributed by atoms with Crippen molar-refractivity contribution in [1.29, 1.82) is 0 Å². The zero-order chi connectivity index (χ0) is 16.6. The Balaban J connectivity index is 2.26. The van der Waals surface area contributed by atoms with Gasteiger partial charge in [0.1, 0.15) is 4.90 Å². The van der Waals surface area contributed by atoms with Crippen LogP contribution in [-0.2, 0) is 16.4 Å². The Morgan fingerprint density at radius 3 is 2.70 bits per heavy atom. The summed E-state index contributed by atoms with van der Waals surface area (Å²) in [4.78, 5) is 4.17. The fourth-order valence-corrected chi connectivity index (χ4v) is 4.52. The molecule has 0 radical (unpaired) electrons. The molecule has 0 atom stereocenters. The fraction of sp³-hybridized carbons (Fsp3) is 0.133. The van der Waals surface area contributed by atoms with Crippen molar-refractivity contribution in [3.8, 4) is 0 Å². The number of rotatable bonds is 4. The molecular formula is C15H13Cl2N3O2S. The lowest BCUT2D eigenvalue weighted by atomic mass is 10.2. The fourth-order valence-electron chi connectivity index (χ4n) is 2.42. The van der Waals surface area contributed by atoms with Gasteiger partial charge in [-0.05, 0) is 48.9 Å². The van der Waals surface area contributed by atoms with Crippen molar-refractivity contribution in [1.82, 2.24) is 8.96 Å². The highest BCUT2D eigenvalue weighted by Crippen LogP contribution is 2.30. The van der Waals surface area contributed by atoms with E-state index >= 15 is 0 Å². The van der Waals surface area contributed by atoms with Gasteiger partial charge >= 0.3 is 0 Å². The van der Waals surface area contributed by atoms with E-state index in [2.05, 4.69) is 4.98 Å². The highest BCUT2D eigenvalue weighted by molar-refractivity contribution is 7.90. The number of benzene rings is 1. The van der Waals surface area contributed by atoms with Crippen molar-refractivity contribution >= 4 is 44.3 Å². The van der Waals surface area contributed by atoms with Gasteiger partial charge in [0.05, 0.1) is 5.02 Å². The van der Waals surface area contributed by atoms with Crippen LogP contribution >= 0.6 is 23.2 Å². The van der Waals surface area contributed by atoms with Crippen LogP contribution in [0.3, 0.4) is 0 Å². The lowest BCUT2D eigenvalue weighted by molar-refractivity contribution is 0.588. The van der Waals surface area contributed by atoms with Crippen molar-refractivity contribution < 1.29 is 8.42 Å². The van der Waals surface area contributed by atoms with Crippen molar-refractivity contribution in [2.45, 2.75) is 11.3 Å². The van der Waals surface area contributed by atoms with E-state index in [1.807, 2.05) is 6.07 Å². The number of pyridine rings is 1. The number of fused-ring (bicyclic) bond motifs is 1. The van der Waals surface area contributed by atoms with E-state index in [1.54, 1.807) is 18.5 Å². The minimum Gasteiger partial charge on any atom is -0.330 e. The third kappa shape index (κ3) is 2.83. The summed E-state index contributed by atoms with van der Waals surface area (Å²) in [6.45, 7) is 0.412. The van der Waals surface area contributed by atoms with Crippen LogP contribution in [0.4, 0.5) is 0 Å². The third-order valence-electron chi connectivity index (χ3n) is 3.46. The summed E-state index contributed by atoms with van der Waals surface area (Å²) >= 11 is 11.9. The maximum atomic E-state index is 13.0. The second kappa shape index (κ2) is 6.13. The van der Waals surface area contributed by atoms with E-state index in [1.165, 1.54) is 18.2 Å². The maximum absolute atomic E-state index is 13.0. The van der Waals surface area contributed by atoms with Crippen LogP contribution in [0.2, 0.25) is 10.0 Å². The SMILES string of the molecule is NCCc1cn(S(=O)(=O)c2ccc(Cl)cc2Cl)c2ncccc12. The van der Waals surface area contributed by atoms with Gasteiger partial charge in [0, 0.05) is 22.8 Å². The predicted octanol–water partition coefficient (Wildman–Crippen LogP) is 3.08. The number of aromatic nitrogens is 2. The van der Waals surface area contributed by atoms with Crippen LogP contribution in [0.5, 0.6) is 0 Å². The van der Waals surface area contributed by atoms with Gasteiger partial charge in [0.15, 0.2) is 5.65 Å². The second-order valence-electron chi connectivity index (χ2n) is 4.94.